The van der Waals surface area contributed by atoms with Crippen LogP contribution in [-0.2, 0) is 0 Å². The predicted molar refractivity (Wildman–Crippen MR) is 83.3 cm³/mol. The van der Waals surface area contributed by atoms with Gasteiger partial charge in [0.25, 0.3) is 0 Å². The second kappa shape index (κ2) is 5.32. The third kappa shape index (κ3) is 2.13. The molecular weight excluding hydrogens is 306 g/mol. The normalized spacial score (nSPS) is 18.6. The van der Waals surface area contributed by atoms with E-state index in [1.165, 1.54) is 45.8 Å². The first-order chi connectivity index (χ1) is 8.81. The van der Waals surface area contributed by atoms with Crippen molar-refractivity contribution in [1.82, 2.24) is 5.32 Å². The Kier molecular flexibility index (Phi) is 3.73. The van der Waals surface area contributed by atoms with Gasteiger partial charge in [-0.1, -0.05) is 25.0 Å². The number of rotatable bonds is 3. The lowest BCUT2D eigenvalue weighted by Crippen LogP contribution is -2.23. The van der Waals surface area contributed by atoms with E-state index >= 15 is 0 Å². The fourth-order valence-electron chi connectivity index (χ4n) is 3.22. The van der Waals surface area contributed by atoms with Gasteiger partial charge in [0.05, 0.1) is 0 Å². The summed E-state index contributed by atoms with van der Waals surface area (Å²) >= 11 is 5.51. The number of hydrogen-bond donors (Lipinski definition) is 1. The molecule has 18 heavy (non-hydrogen) atoms. The van der Waals surface area contributed by atoms with Gasteiger partial charge in [-0.25, -0.2) is 0 Å². The van der Waals surface area contributed by atoms with Gasteiger partial charge in [0.2, 0.25) is 0 Å². The second-order valence-corrected chi connectivity index (χ2v) is 6.85. The first-order valence-corrected chi connectivity index (χ1v) is 8.31. The summed E-state index contributed by atoms with van der Waals surface area (Å²) in [5.41, 5.74) is 1.49. The van der Waals surface area contributed by atoms with E-state index in [2.05, 4.69) is 51.9 Å². The summed E-state index contributed by atoms with van der Waals surface area (Å²) in [6, 6.07) is 7.05. The number of nitrogens with one attached hydrogen (secondary N) is 1. The molecule has 1 fully saturated rings. The molecule has 0 radical (unpaired) electrons. The van der Waals surface area contributed by atoms with Crippen molar-refractivity contribution in [1.29, 1.82) is 0 Å². The highest BCUT2D eigenvalue weighted by molar-refractivity contribution is 9.10. The van der Waals surface area contributed by atoms with Crippen molar-refractivity contribution in [2.75, 3.05) is 7.05 Å². The molecule has 3 heteroatoms. The minimum Gasteiger partial charge on any atom is -0.313 e. The predicted octanol–water partition coefficient (Wildman–Crippen LogP) is 5.11. The molecule has 1 aromatic carbocycles. The Labute approximate surface area is 121 Å². The summed E-state index contributed by atoms with van der Waals surface area (Å²) in [4.78, 5) is 0. The third-order valence-corrected chi connectivity index (χ3v) is 6.07. The molecule has 1 N–H and O–H groups in total. The lowest BCUT2D eigenvalue weighted by molar-refractivity contribution is 0.393. The lowest BCUT2D eigenvalue weighted by atomic mass is 9.91. The maximum atomic E-state index is 3.65. The Hall–Kier alpha value is -0.380. The molecule has 1 aliphatic rings. The molecule has 0 saturated heterocycles. The van der Waals surface area contributed by atoms with Gasteiger partial charge >= 0.3 is 0 Å². The van der Waals surface area contributed by atoms with Crippen molar-refractivity contribution in [2.24, 2.45) is 5.92 Å². The number of benzene rings is 1. The highest BCUT2D eigenvalue weighted by Gasteiger charge is 2.27. The smallest absolute Gasteiger partial charge is 0.0488 e. The van der Waals surface area contributed by atoms with Crippen LogP contribution in [0.2, 0.25) is 0 Å². The summed E-state index contributed by atoms with van der Waals surface area (Å²) in [6.07, 6.45) is 5.54. The summed E-state index contributed by atoms with van der Waals surface area (Å²) in [5.74, 6) is 0.812. The molecule has 1 unspecified atom stereocenters. The van der Waals surface area contributed by atoms with Crippen LogP contribution < -0.4 is 5.32 Å². The summed E-state index contributed by atoms with van der Waals surface area (Å²) in [6.45, 7) is 0. The van der Waals surface area contributed by atoms with Gasteiger partial charge in [-0.3, -0.25) is 0 Å². The maximum Gasteiger partial charge on any atom is 0.0488 e. The van der Waals surface area contributed by atoms with E-state index in [1.54, 1.807) is 0 Å². The molecule has 1 atom stereocenters. The quantitative estimate of drug-likeness (QED) is 0.827. The molecule has 0 bridgehead atoms. The van der Waals surface area contributed by atoms with E-state index in [0.29, 0.717) is 6.04 Å². The first kappa shape index (κ1) is 12.6. The molecule has 0 aliphatic heterocycles. The van der Waals surface area contributed by atoms with E-state index < -0.39 is 0 Å². The van der Waals surface area contributed by atoms with Crippen molar-refractivity contribution in [3.8, 4) is 0 Å². The van der Waals surface area contributed by atoms with Crippen LogP contribution in [0.1, 0.15) is 37.3 Å². The molecule has 0 amide bonds. The average Bonchev–Trinajstić information content (AvgIpc) is 3.01. The topological polar surface area (TPSA) is 12.0 Å². The maximum absolute atomic E-state index is 3.65. The SMILES string of the molecule is CNC(c1csc2c(Br)cccc12)C1CCCC1. The molecule has 0 spiro atoms. The van der Waals surface area contributed by atoms with Crippen molar-refractivity contribution in [3.05, 3.63) is 33.6 Å². The fraction of sp³-hybridized carbons (Fsp3) is 0.467. The zero-order valence-electron chi connectivity index (χ0n) is 10.6. The Balaban J connectivity index is 2.04. The standard InChI is InChI=1S/C15H18BrNS/c1-17-14(10-5-2-3-6-10)12-9-18-15-11(12)7-4-8-13(15)16/h4,7-10,14,17H,2-3,5-6H2,1H3. The van der Waals surface area contributed by atoms with Gasteiger partial charge in [-0.15, -0.1) is 11.3 Å². The molecular formula is C15H18BrNS. The minimum absolute atomic E-state index is 0.524. The Morgan fingerprint density at radius 2 is 2.11 bits per heavy atom. The van der Waals surface area contributed by atoms with Crippen molar-refractivity contribution >= 4 is 37.4 Å². The Bertz CT molecular complexity index is 542. The van der Waals surface area contributed by atoms with Gasteiger partial charge in [-0.2, -0.15) is 0 Å². The highest BCUT2D eigenvalue weighted by Crippen LogP contribution is 2.41. The Morgan fingerprint density at radius 1 is 1.33 bits per heavy atom. The van der Waals surface area contributed by atoms with Gasteiger partial charge < -0.3 is 5.32 Å². The van der Waals surface area contributed by atoms with Crippen molar-refractivity contribution in [3.63, 3.8) is 0 Å². The first-order valence-electron chi connectivity index (χ1n) is 6.64. The lowest BCUT2D eigenvalue weighted by Gasteiger charge is -2.22. The van der Waals surface area contributed by atoms with Gasteiger partial charge in [0.1, 0.15) is 0 Å². The zero-order valence-corrected chi connectivity index (χ0v) is 13.0. The van der Waals surface area contributed by atoms with Crippen molar-refractivity contribution in [2.45, 2.75) is 31.7 Å². The second-order valence-electron chi connectivity index (χ2n) is 5.12. The third-order valence-electron chi connectivity index (χ3n) is 4.10. The van der Waals surface area contributed by atoms with Crippen LogP contribution >= 0.6 is 27.3 Å². The zero-order chi connectivity index (χ0) is 12.5. The van der Waals surface area contributed by atoms with Gasteiger partial charge in [-0.05, 0) is 64.1 Å². The van der Waals surface area contributed by atoms with E-state index in [4.69, 9.17) is 0 Å². The van der Waals surface area contributed by atoms with E-state index in [-0.39, 0.29) is 0 Å². The van der Waals surface area contributed by atoms with Crippen molar-refractivity contribution < 1.29 is 0 Å². The van der Waals surface area contributed by atoms with Crippen LogP contribution in [0, 0.1) is 5.92 Å². The number of halogens is 1. The monoisotopic (exact) mass is 323 g/mol. The molecule has 96 valence electrons. The number of fused-ring (bicyclic) bond motifs is 1. The van der Waals surface area contributed by atoms with E-state index in [1.807, 2.05) is 11.3 Å². The molecule has 1 heterocycles. The van der Waals surface area contributed by atoms with Crippen LogP contribution in [0.25, 0.3) is 10.1 Å². The van der Waals surface area contributed by atoms with E-state index in [0.717, 1.165) is 5.92 Å². The molecule has 1 aromatic heterocycles. The summed E-state index contributed by atoms with van der Waals surface area (Å²) in [5, 5.41) is 7.31. The molecule has 1 nitrogen and oxygen atoms in total. The highest BCUT2D eigenvalue weighted by atomic mass is 79.9. The largest absolute Gasteiger partial charge is 0.313 e. The van der Waals surface area contributed by atoms with E-state index in [9.17, 15) is 0 Å². The van der Waals surface area contributed by atoms with Crippen LogP contribution in [0.5, 0.6) is 0 Å². The molecule has 2 aromatic rings. The minimum atomic E-state index is 0.524. The number of thiophene rings is 1. The summed E-state index contributed by atoms with van der Waals surface area (Å²) in [7, 11) is 2.10. The fourth-order valence-corrected chi connectivity index (χ4v) is 4.88. The summed E-state index contributed by atoms with van der Waals surface area (Å²) < 4.78 is 2.60. The molecule has 1 saturated carbocycles. The van der Waals surface area contributed by atoms with Crippen LogP contribution in [0.3, 0.4) is 0 Å². The van der Waals surface area contributed by atoms with Crippen LogP contribution in [0.4, 0.5) is 0 Å². The molecule has 3 rings (SSSR count). The average molecular weight is 324 g/mol. The number of hydrogen-bond acceptors (Lipinski definition) is 2. The molecule has 1 aliphatic carbocycles. The van der Waals surface area contributed by atoms with Crippen LogP contribution in [-0.4, -0.2) is 7.05 Å². The van der Waals surface area contributed by atoms with Gasteiger partial charge in [0.15, 0.2) is 0 Å². The van der Waals surface area contributed by atoms with Gasteiger partial charge in [0, 0.05) is 15.2 Å². The Morgan fingerprint density at radius 3 is 2.83 bits per heavy atom. The van der Waals surface area contributed by atoms with Crippen LogP contribution in [0.15, 0.2) is 28.1 Å².